The van der Waals surface area contributed by atoms with Crippen molar-refractivity contribution in [2.75, 3.05) is 31.6 Å². The lowest BCUT2D eigenvalue weighted by Gasteiger charge is -2.37. The second-order valence-electron chi connectivity index (χ2n) is 6.06. The zero-order chi connectivity index (χ0) is 18.2. The number of nitrogens with zero attached hydrogens (tertiary/aromatic N) is 1. The monoisotopic (exact) mass is 356 g/mol. The van der Waals surface area contributed by atoms with Crippen LogP contribution in [0.2, 0.25) is 0 Å². The minimum Gasteiger partial charge on any atom is -0.435 e. The summed E-state index contributed by atoms with van der Waals surface area (Å²) in [5.74, 6) is 0.246. The summed E-state index contributed by atoms with van der Waals surface area (Å²) < 4.78 is 34.1. The molecule has 0 unspecified atom stereocenters. The summed E-state index contributed by atoms with van der Waals surface area (Å²) in [4.78, 5) is 15.1. The number of rotatable bonds is 8. The van der Waals surface area contributed by atoms with Crippen LogP contribution >= 0.6 is 0 Å². The van der Waals surface area contributed by atoms with Gasteiger partial charge in [-0.15, -0.1) is 0 Å². The van der Waals surface area contributed by atoms with Crippen LogP contribution in [0.25, 0.3) is 0 Å². The van der Waals surface area contributed by atoms with Crippen LogP contribution in [0.5, 0.6) is 5.75 Å². The number of carbonyl (C=O) groups excluding carboxylic acids is 1. The first-order valence-electron chi connectivity index (χ1n) is 8.72. The van der Waals surface area contributed by atoms with E-state index < -0.39 is 6.61 Å². The Hall–Kier alpha value is -1.73. The molecule has 1 aliphatic rings. The van der Waals surface area contributed by atoms with Crippen LogP contribution < -0.4 is 10.1 Å². The molecule has 0 saturated carbocycles. The van der Waals surface area contributed by atoms with E-state index in [1.54, 1.807) is 12.1 Å². The summed E-state index contributed by atoms with van der Waals surface area (Å²) in [5, 5.41) is 2.90. The van der Waals surface area contributed by atoms with Crippen molar-refractivity contribution in [1.29, 1.82) is 0 Å². The lowest BCUT2D eigenvalue weighted by Crippen LogP contribution is -2.52. The van der Waals surface area contributed by atoms with Gasteiger partial charge in [0.05, 0.1) is 19.3 Å². The highest BCUT2D eigenvalue weighted by Gasteiger charge is 2.32. The number of hydrogen-bond acceptors (Lipinski definition) is 4. The van der Waals surface area contributed by atoms with Gasteiger partial charge in [-0.3, -0.25) is 9.69 Å². The van der Waals surface area contributed by atoms with Gasteiger partial charge < -0.3 is 14.8 Å². The van der Waals surface area contributed by atoms with Gasteiger partial charge in [0.15, 0.2) is 0 Å². The fraction of sp³-hybridized carbons (Fsp3) is 0.611. The van der Waals surface area contributed by atoms with Gasteiger partial charge >= 0.3 is 6.61 Å². The highest BCUT2D eigenvalue weighted by atomic mass is 19.3. The molecule has 7 heteroatoms. The molecule has 1 aliphatic heterocycles. The van der Waals surface area contributed by atoms with Gasteiger partial charge in [0.2, 0.25) is 5.91 Å². The van der Waals surface area contributed by atoms with Crippen LogP contribution in [0.3, 0.4) is 0 Å². The quantitative estimate of drug-likeness (QED) is 0.776. The molecule has 1 saturated heterocycles. The van der Waals surface area contributed by atoms with E-state index in [1.165, 1.54) is 12.1 Å². The lowest BCUT2D eigenvalue weighted by atomic mass is 9.91. The summed E-state index contributed by atoms with van der Waals surface area (Å²) >= 11 is 0. The SMILES string of the molecule is CCC(CC)[C@@H](C(=O)Nc1ccc(OC(F)F)cc1)N1CCOCC1. The Labute approximate surface area is 147 Å². The molecular weight excluding hydrogens is 330 g/mol. The van der Waals surface area contributed by atoms with E-state index in [0.717, 1.165) is 25.9 Å². The van der Waals surface area contributed by atoms with Crippen molar-refractivity contribution >= 4 is 11.6 Å². The first-order chi connectivity index (χ1) is 12.0. The van der Waals surface area contributed by atoms with Crippen molar-refractivity contribution in [3.05, 3.63) is 24.3 Å². The Morgan fingerprint density at radius 2 is 1.80 bits per heavy atom. The van der Waals surface area contributed by atoms with Gasteiger partial charge in [-0.2, -0.15) is 8.78 Å². The van der Waals surface area contributed by atoms with E-state index in [9.17, 15) is 13.6 Å². The Kier molecular flexibility index (Phi) is 7.58. The first kappa shape index (κ1) is 19.6. The minimum absolute atomic E-state index is 0.0673. The molecule has 1 amide bonds. The lowest BCUT2D eigenvalue weighted by molar-refractivity contribution is -0.125. The fourth-order valence-corrected chi connectivity index (χ4v) is 3.20. The zero-order valence-electron chi connectivity index (χ0n) is 14.7. The van der Waals surface area contributed by atoms with E-state index in [4.69, 9.17) is 4.74 Å². The van der Waals surface area contributed by atoms with Gasteiger partial charge in [0, 0.05) is 18.8 Å². The Morgan fingerprint density at radius 3 is 2.32 bits per heavy atom. The zero-order valence-corrected chi connectivity index (χ0v) is 14.7. The van der Waals surface area contributed by atoms with Crippen LogP contribution in [-0.4, -0.2) is 49.8 Å². The summed E-state index contributed by atoms with van der Waals surface area (Å²) in [6, 6.07) is 5.75. The summed E-state index contributed by atoms with van der Waals surface area (Å²) in [5.41, 5.74) is 0.566. The molecule has 0 aliphatic carbocycles. The van der Waals surface area contributed by atoms with Crippen molar-refractivity contribution in [1.82, 2.24) is 4.90 Å². The second kappa shape index (κ2) is 9.68. The molecule has 0 bridgehead atoms. The standard InChI is InChI=1S/C18H26F2N2O3/c1-3-13(4-2)16(22-9-11-24-12-10-22)17(23)21-14-5-7-15(8-6-14)25-18(19)20/h5-8,13,16,18H,3-4,9-12H2,1-2H3,(H,21,23)/t16-/m0/s1. The second-order valence-corrected chi connectivity index (χ2v) is 6.06. The normalized spacial score (nSPS) is 16.9. The Balaban J connectivity index is 2.07. The molecule has 0 spiro atoms. The van der Waals surface area contributed by atoms with Gasteiger partial charge in [-0.05, 0) is 30.2 Å². The molecule has 0 aromatic heterocycles. The highest BCUT2D eigenvalue weighted by molar-refractivity contribution is 5.95. The molecule has 140 valence electrons. The van der Waals surface area contributed by atoms with Crippen LogP contribution in [0.15, 0.2) is 24.3 Å². The maximum Gasteiger partial charge on any atom is 0.387 e. The van der Waals surface area contributed by atoms with Crippen LogP contribution in [0, 0.1) is 5.92 Å². The number of amides is 1. The minimum atomic E-state index is -2.86. The summed E-state index contributed by atoms with van der Waals surface area (Å²) in [6.45, 7) is 4.04. The topological polar surface area (TPSA) is 50.8 Å². The number of anilines is 1. The van der Waals surface area contributed by atoms with Crippen molar-refractivity contribution in [3.8, 4) is 5.75 Å². The molecule has 1 aromatic carbocycles. The van der Waals surface area contributed by atoms with Crippen molar-refractivity contribution < 1.29 is 23.0 Å². The molecular formula is C18H26F2N2O3. The van der Waals surface area contributed by atoms with Crippen LogP contribution in [0.1, 0.15) is 26.7 Å². The molecule has 1 heterocycles. The van der Waals surface area contributed by atoms with E-state index in [0.29, 0.717) is 18.9 Å². The van der Waals surface area contributed by atoms with E-state index in [1.807, 2.05) is 0 Å². The Bertz CT molecular complexity index is 530. The maximum atomic E-state index is 12.9. The van der Waals surface area contributed by atoms with E-state index >= 15 is 0 Å². The van der Waals surface area contributed by atoms with Gasteiger partial charge in [-0.1, -0.05) is 26.7 Å². The number of halogens is 2. The van der Waals surface area contributed by atoms with Crippen LogP contribution in [0.4, 0.5) is 14.5 Å². The first-order valence-corrected chi connectivity index (χ1v) is 8.72. The predicted octanol–water partition coefficient (Wildman–Crippen LogP) is 3.36. The fourth-order valence-electron chi connectivity index (χ4n) is 3.20. The molecule has 0 radical (unpaired) electrons. The van der Waals surface area contributed by atoms with Gasteiger partial charge in [0.1, 0.15) is 5.75 Å². The maximum absolute atomic E-state index is 12.9. The molecule has 1 fully saturated rings. The average Bonchev–Trinajstić information content (AvgIpc) is 2.61. The van der Waals surface area contributed by atoms with Crippen molar-refractivity contribution in [3.63, 3.8) is 0 Å². The summed E-state index contributed by atoms with van der Waals surface area (Å²) in [6.07, 6.45) is 1.82. The number of hydrogen-bond donors (Lipinski definition) is 1. The van der Waals surface area contributed by atoms with E-state index in [-0.39, 0.29) is 23.6 Å². The third-order valence-corrected chi connectivity index (χ3v) is 4.55. The molecule has 2 rings (SSSR count). The summed E-state index contributed by atoms with van der Waals surface area (Å²) in [7, 11) is 0. The molecule has 1 aromatic rings. The molecule has 1 N–H and O–H groups in total. The number of nitrogens with one attached hydrogen (secondary N) is 1. The van der Waals surface area contributed by atoms with E-state index in [2.05, 4.69) is 28.8 Å². The average molecular weight is 356 g/mol. The smallest absolute Gasteiger partial charge is 0.387 e. The number of benzene rings is 1. The van der Waals surface area contributed by atoms with Crippen molar-refractivity contribution in [2.24, 2.45) is 5.92 Å². The number of ether oxygens (including phenoxy) is 2. The number of morpholine rings is 1. The largest absolute Gasteiger partial charge is 0.435 e. The third-order valence-electron chi connectivity index (χ3n) is 4.55. The third kappa shape index (κ3) is 5.64. The number of alkyl halides is 2. The molecule has 1 atom stereocenters. The highest BCUT2D eigenvalue weighted by Crippen LogP contribution is 2.23. The van der Waals surface area contributed by atoms with Crippen LogP contribution in [-0.2, 0) is 9.53 Å². The van der Waals surface area contributed by atoms with Crippen molar-refractivity contribution in [2.45, 2.75) is 39.3 Å². The molecule has 25 heavy (non-hydrogen) atoms. The molecule has 5 nitrogen and oxygen atoms in total. The Morgan fingerprint density at radius 1 is 1.20 bits per heavy atom. The number of carbonyl (C=O) groups is 1. The van der Waals surface area contributed by atoms with Gasteiger partial charge in [-0.25, -0.2) is 0 Å². The van der Waals surface area contributed by atoms with Gasteiger partial charge in [0.25, 0.3) is 0 Å². The predicted molar refractivity (Wildman–Crippen MR) is 92.0 cm³/mol.